The highest BCUT2D eigenvalue weighted by molar-refractivity contribution is 6.02. The van der Waals surface area contributed by atoms with Crippen LogP contribution in [-0.2, 0) is 16.0 Å². The number of anilines is 1. The van der Waals surface area contributed by atoms with Gasteiger partial charge in [-0.05, 0) is 48.6 Å². The zero-order valence-corrected chi connectivity index (χ0v) is 20.3. The SMILES string of the molecule is CC(C)CCNC(=O)C1c2cc([N+](=O)[O-])ccc2Oc2ccccc2CCC(=O)N1c1ccccc1. The summed E-state index contributed by atoms with van der Waals surface area (Å²) in [6.45, 7) is 4.52. The van der Waals surface area contributed by atoms with Gasteiger partial charge in [0.2, 0.25) is 11.8 Å². The number of rotatable bonds is 6. The maximum atomic E-state index is 13.7. The van der Waals surface area contributed by atoms with Crippen LogP contribution in [0.3, 0.4) is 0 Å². The Morgan fingerprint density at radius 3 is 2.50 bits per heavy atom. The molecule has 1 atom stereocenters. The first-order valence-electron chi connectivity index (χ1n) is 12.0. The summed E-state index contributed by atoms with van der Waals surface area (Å²) >= 11 is 0. The Morgan fingerprint density at radius 1 is 1.06 bits per heavy atom. The van der Waals surface area contributed by atoms with Crippen molar-refractivity contribution in [1.29, 1.82) is 0 Å². The molecule has 1 unspecified atom stereocenters. The summed E-state index contributed by atoms with van der Waals surface area (Å²) in [5.74, 6) is 0.515. The summed E-state index contributed by atoms with van der Waals surface area (Å²) in [4.78, 5) is 40.1. The van der Waals surface area contributed by atoms with E-state index in [0.29, 0.717) is 30.3 Å². The van der Waals surface area contributed by atoms with Crippen LogP contribution in [0.2, 0.25) is 0 Å². The fraction of sp³-hybridized carbons (Fsp3) is 0.286. The number of hydrogen-bond acceptors (Lipinski definition) is 5. The van der Waals surface area contributed by atoms with Gasteiger partial charge in [0.15, 0.2) is 0 Å². The van der Waals surface area contributed by atoms with Crippen LogP contribution in [0.15, 0.2) is 72.8 Å². The van der Waals surface area contributed by atoms with E-state index in [1.54, 1.807) is 30.3 Å². The summed E-state index contributed by atoms with van der Waals surface area (Å²) in [6.07, 6.45) is 1.31. The molecule has 0 aliphatic carbocycles. The van der Waals surface area contributed by atoms with Crippen molar-refractivity contribution in [3.8, 4) is 11.5 Å². The zero-order valence-electron chi connectivity index (χ0n) is 20.3. The Bertz CT molecular complexity index is 1260. The van der Waals surface area contributed by atoms with Crippen molar-refractivity contribution < 1.29 is 19.2 Å². The molecule has 186 valence electrons. The number of aryl methyl sites for hydroxylation is 1. The van der Waals surface area contributed by atoms with Crippen LogP contribution >= 0.6 is 0 Å². The van der Waals surface area contributed by atoms with E-state index in [-0.39, 0.29) is 29.3 Å². The van der Waals surface area contributed by atoms with Crippen LogP contribution in [0, 0.1) is 16.0 Å². The largest absolute Gasteiger partial charge is 0.457 e. The second-order valence-electron chi connectivity index (χ2n) is 9.16. The summed E-state index contributed by atoms with van der Waals surface area (Å²) in [5, 5.41) is 14.6. The molecular formula is C28H29N3O5. The summed E-state index contributed by atoms with van der Waals surface area (Å²) in [6, 6.07) is 19.3. The average Bonchev–Trinajstić information content (AvgIpc) is 2.86. The lowest BCUT2D eigenvalue weighted by atomic mass is 9.98. The lowest BCUT2D eigenvalue weighted by Gasteiger charge is -2.33. The topological polar surface area (TPSA) is 102 Å². The molecule has 1 N–H and O–H groups in total. The molecule has 0 fully saturated rings. The lowest BCUT2D eigenvalue weighted by molar-refractivity contribution is -0.384. The second kappa shape index (κ2) is 11.0. The molecule has 1 aliphatic heterocycles. The number of para-hydroxylation sites is 2. The van der Waals surface area contributed by atoms with Crippen LogP contribution in [0.5, 0.6) is 11.5 Å². The molecule has 0 saturated heterocycles. The molecule has 4 rings (SSSR count). The Hall–Kier alpha value is -4.20. The van der Waals surface area contributed by atoms with E-state index in [4.69, 9.17) is 4.74 Å². The molecule has 8 nitrogen and oxygen atoms in total. The number of benzene rings is 3. The number of fused-ring (bicyclic) bond motifs is 2. The number of nitro benzene ring substituents is 1. The molecule has 1 aliphatic rings. The van der Waals surface area contributed by atoms with Gasteiger partial charge in [0.05, 0.1) is 4.92 Å². The number of hydrogen-bond donors (Lipinski definition) is 1. The van der Waals surface area contributed by atoms with Gasteiger partial charge in [-0.3, -0.25) is 24.6 Å². The summed E-state index contributed by atoms with van der Waals surface area (Å²) in [7, 11) is 0. The van der Waals surface area contributed by atoms with Gasteiger partial charge in [-0.15, -0.1) is 0 Å². The number of carbonyl (C=O) groups is 2. The van der Waals surface area contributed by atoms with Crippen molar-refractivity contribution in [2.75, 3.05) is 11.4 Å². The molecule has 3 aromatic rings. The smallest absolute Gasteiger partial charge is 0.270 e. The number of non-ortho nitro benzene ring substituents is 1. The minimum Gasteiger partial charge on any atom is -0.457 e. The highest BCUT2D eigenvalue weighted by Crippen LogP contribution is 2.40. The highest BCUT2D eigenvalue weighted by Gasteiger charge is 2.36. The molecule has 1 heterocycles. The summed E-state index contributed by atoms with van der Waals surface area (Å²) in [5.41, 5.74) is 1.42. The predicted octanol–water partition coefficient (Wildman–Crippen LogP) is 5.57. The third-order valence-corrected chi connectivity index (χ3v) is 6.13. The maximum Gasteiger partial charge on any atom is 0.270 e. The monoisotopic (exact) mass is 487 g/mol. The lowest BCUT2D eigenvalue weighted by Crippen LogP contribution is -2.44. The van der Waals surface area contributed by atoms with Crippen molar-refractivity contribution in [3.05, 3.63) is 94.0 Å². The normalized spacial score (nSPS) is 15.5. The van der Waals surface area contributed by atoms with Gasteiger partial charge < -0.3 is 10.1 Å². The van der Waals surface area contributed by atoms with Crippen molar-refractivity contribution >= 4 is 23.2 Å². The third-order valence-electron chi connectivity index (χ3n) is 6.13. The van der Waals surface area contributed by atoms with Gasteiger partial charge in [0.25, 0.3) is 5.69 Å². The summed E-state index contributed by atoms with van der Waals surface area (Å²) < 4.78 is 6.25. The number of ether oxygens (including phenoxy) is 1. The third kappa shape index (κ3) is 5.54. The van der Waals surface area contributed by atoms with E-state index < -0.39 is 16.9 Å². The molecule has 0 saturated carbocycles. The fourth-order valence-electron chi connectivity index (χ4n) is 4.25. The minimum atomic E-state index is -1.16. The first-order chi connectivity index (χ1) is 17.3. The number of carbonyl (C=O) groups excluding carboxylic acids is 2. The van der Waals surface area contributed by atoms with Crippen molar-refractivity contribution in [2.24, 2.45) is 5.92 Å². The van der Waals surface area contributed by atoms with Crippen LogP contribution in [0.4, 0.5) is 11.4 Å². The van der Waals surface area contributed by atoms with E-state index in [0.717, 1.165) is 12.0 Å². The highest BCUT2D eigenvalue weighted by atomic mass is 16.6. The van der Waals surface area contributed by atoms with Gasteiger partial charge in [0.1, 0.15) is 17.5 Å². The molecular weight excluding hydrogens is 458 g/mol. The first kappa shape index (κ1) is 24.9. The maximum absolute atomic E-state index is 13.7. The van der Waals surface area contributed by atoms with Gasteiger partial charge in [-0.1, -0.05) is 50.2 Å². The molecule has 3 aromatic carbocycles. The van der Waals surface area contributed by atoms with Crippen molar-refractivity contribution in [3.63, 3.8) is 0 Å². The first-order valence-corrected chi connectivity index (χ1v) is 12.0. The number of amides is 2. The molecule has 0 bridgehead atoms. The molecule has 0 spiro atoms. The molecule has 8 heteroatoms. The zero-order chi connectivity index (χ0) is 25.7. The van der Waals surface area contributed by atoms with Gasteiger partial charge in [-0.25, -0.2) is 0 Å². The molecule has 0 aromatic heterocycles. The molecule has 2 amide bonds. The van der Waals surface area contributed by atoms with Gasteiger partial charge in [-0.2, -0.15) is 0 Å². The van der Waals surface area contributed by atoms with E-state index in [9.17, 15) is 19.7 Å². The number of nitro groups is 1. The van der Waals surface area contributed by atoms with Crippen molar-refractivity contribution in [1.82, 2.24) is 5.32 Å². The van der Waals surface area contributed by atoms with Crippen LogP contribution < -0.4 is 15.0 Å². The van der Waals surface area contributed by atoms with E-state index >= 15 is 0 Å². The average molecular weight is 488 g/mol. The van der Waals surface area contributed by atoms with Crippen LogP contribution in [-0.4, -0.2) is 23.3 Å². The quantitative estimate of drug-likeness (QED) is 0.362. The van der Waals surface area contributed by atoms with Crippen LogP contribution in [0.25, 0.3) is 0 Å². The Kier molecular flexibility index (Phi) is 7.63. The molecule has 36 heavy (non-hydrogen) atoms. The second-order valence-corrected chi connectivity index (χ2v) is 9.16. The van der Waals surface area contributed by atoms with E-state index in [2.05, 4.69) is 19.2 Å². The predicted molar refractivity (Wildman–Crippen MR) is 137 cm³/mol. The van der Waals surface area contributed by atoms with Gasteiger partial charge in [0, 0.05) is 36.3 Å². The number of nitrogens with zero attached hydrogens (tertiary/aromatic N) is 2. The Labute approximate surface area is 210 Å². The number of nitrogens with one attached hydrogen (secondary N) is 1. The van der Waals surface area contributed by atoms with Crippen LogP contribution in [0.1, 0.15) is 43.9 Å². The fourth-order valence-corrected chi connectivity index (χ4v) is 4.25. The standard InChI is InChI=1S/C28H29N3O5/c1-19(2)16-17-29-28(33)27-23-18-22(31(34)35)13-14-25(23)36-24-11-7-6-8-20(24)12-15-26(32)30(27)21-9-4-3-5-10-21/h3-11,13-14,18-19,27H,12,15-17H2,1-2H3,(H,29,33). The van der Waals surface area contributed by atoms with Gasteiger partial charge >= 0.3 is 0 Å². The minimum absolute atomic E-state index is 0.134. The van der Waals surface area contributed by atoms with E-state index in [1.807, 2.05) is 24.3 Å². The Balaban J connectivity index is 1.91. The van der Waals surface area contributed by atoms with E-state index in [1.165, 1.54) is 23.1 Å². The Morgan fingerprint density at radius 2 is 1.78 bits per heavy atom. The van der Waals surface area contributed by atoms with Crippen molar-refractivity contribution in [2.45, 2.75) is 39.2 Å². The molecule has 0 radical (unpaired) electrons.